The van der Waals surface area contributed by atoms with E-state index in [9.17, 15) is 15.0 Å². The minimum Gasteiger partial charge on any atom is -0.506 e. The zero-order chi connectivity index (χ0) is 12.5. The summed E-state index contributed by atoms with van der Waals surface area (Å²) in [7, 11) is 0. The van der Waals surface area contributed by atoms with Crippen LogP contribution in [0.4, 0.5) is 0 Å². The molecule has 0 spiro atoms. The molecule has 88 valence electrons. The number of phenols is 1. The average molecular weight is 243 g/mol. The standard InChI is InChI=1S/C12H15ClO3/c1-6(2)9(12(15)16)10-7(3)4-5-8(13)11(10)14/h4-6,9,14H,1-3H3,(H,15,16). The van der Waals surface area contributed by atoms with Crippen molar-refractivity contribution in [3.05, 3.63) is 28.3 Å². The summed E-state index contributed by atoms with van der Waals surface area (Å²) in [5.74, 6) is -1.92. The van der Waals surface area contributed by atoms with Crippen LogP contribution in [0.25, 0.3) is 0 Å². The number of hydrogen-bond acceptors (Lipinski definition) is 2. The van der Waals surface area contributed by atoms with Gasteiger partial charge in [0.05, 0.1) is 10.9 Å². The lowest BCUT2D eigenvalue weighted by Crippen LogP contribution is -2.18. The van der Waals surface area contributed by atoms with Crippen LogP contribution in [0, 0.1) is 12.8 Å². The number of benzene rings is 1. The molecule has 0 heterocycles. The number of aromatic hydroxyl groups is 1. The van der Waals surface area contributed by atoms with E-state index in [-0.39, 0.29) is 16.7 Å². The zero-order valence-corrected chi connectivity index (χ0v) is 10.2. The summed E-state index contributed by atoms with van der Waals surface area (Å²) in [5, 5.41) is 19.2. The molecule has 1 aromatic rings. The molecular formula is C12H15ClO3. The molecule has 0 bridgehead atoms. The molecule has 1 atom stereocenters. The van der Waals surface area contributed by atoms with Gasteiger partial charge in [0.2, 0.25) is 0 Å². The van der Waals surface area contributed by atoms with E-state index in [0.717, 1.165) is 5.56 Å². The molecule has 0 saturated heterocycles. The first-order valence-corrected chi connectivity index (χ1v) is 5.44. The summed E-state index contributed by atoms with van der Waals surface area (Å²) in [5.41, 5.74) is 1.15. The molecule has 3 nitrogen and oxygen atoms in total. The van der Waals surface area contributed by atoms with Crippen molar-refractivity contribution < 1.29 is 15.0 Å². The molecule has 0 radical (unpaired) electrons. The molecule has 0 saturated carbocycles. The third-order valence-corrected chi connectivity index (χ3v) is 2.93. The maximum absolute atomic E-state index is 11.2. The Kier molecular flexibility index (Phi) is 3.81. The van der Waals surface area contributed by atoms with Gasteiger partial charge in [-0.1, -0.05) is 31.5 Å². The number of carboxylic acids is 1. The van der Waals surface area contributed by atoms with E-state index in [2.05, 4.69) is 0 Å². The Morgan fingerprint density at radius 2 is 1.94 bits per heavy atom. The van der Waals surface area contributed by atoms with E-state index in [1.54, 1.807) is 32.9 Å². The van der Waals surface area contributed by atoms with Crippen molar-refractivity contribution in [3.8, 4) is 5.75 Å². The molecule has 1 aromatic carbocycles. The van der Waals surface area contributed by atoms with Crippen LogP contribution in [-0.2, 0) is 4.79 Å². The van der Waals surface area contributed by atoms with Crippen LogP contribution in [0.1, 0.15) is 30.9 Å². The summed E-state index contributed by atoms with van der Waals surface area (Å²) in [4.78, 5) is 11.2. The largest absolute Gasteiger partial charge is 0.506 e. The van der Waals surface area contributed by atoms with Gasteiger partial charge in [-0.15, -0.1) is 0 Å². The number of aliphatic carboxylic acids is 1. The fraction of sp³-hybridized carbons (Fsp3) is 0.417. The molecular weight excluding hydrogens is 228 g/mol. The average Bonchev–Trinajstić information content (AvgIpc) is 2.17. The Bertz CT molecular complexity index is 413. The molecule has 0 aliphatic heterocycles. The Morgan fingerprint density at radius 3 is 2.38 bits per heavy atom. The van der Waals surface area contributed by atoms with Gasteiger partial charge in [-0.25, -0.2) is 0 Å². The summed E-state index contributed by atoms with van der Waals surface area (Å²) < 4.78 is 0. The molecule has 0 aliphatic rings. The molecule has 2 N–H and O–H groups in total. The third-order valence-electron chi connectivity index (χ3n) is 2.63. The van der Waals surface area contributed by atoms with Gasteiger partial charge in [-0.2, -0.15) is 0 Å². The number of carbonyl (C=O) groups is 1. The number of carboxylic acid groups (broad SMARTS) is 1. The summed E-state index contributed by atoms with van der Waals surface area (Å²) >= 11 is 5.80. The number of aryl methyl sites for hydroxylation is 1. The highest BCUT2D eigenvalue weighted by molar-refractivity contribution is 6.32. The van der Waals surface area contributed by atoms with Gasteiger partial charge in [0.1, 0.15) is 5.75 Å². The number of hydrogen-bond donors (Lipinski definition) is 2. The van der Waals surface area contributed by atoms with Crippen molar-refractivity contribution in [2.45, 2.75) is 26.7 Å². The Balaban J connectivity index is 3.40. The van der Waals surface area contributed by atoms with Crippen molar-refractivity contribution >= 4 is 17.6 Å². The van der Waals surface area contributed by atoms with Crippen LogP contribution in [0.15, 0.2) is 12.1 Å². The van der Waals surface area contributed by atoms with E-state index in [1.165, 1.54) is 0 Å². The van der Waals surface area contributed by atoms with E-state index in [0.29, 0.717) is 5.56 Å². The summed E-state index contributed by atoms with van der Waals surface area (Å²) in [6.07, 6.45) is 0. The molecule has 4 heteroatoms. The van der Waals surface area contributed by atoms with Gasteiger partial charge >= 0.3 is 5.97 Å². The van der Waals surface area contributed by atoms with E-state index in [4.69, 9.17) is 11.6 Å². The first-order chi connectivity index (χ1) is 7.36. The fourth-order valence-corrected chi connectivity index (χ4v) is 1.98. The summed E-state index contributed by atoms with van der Waals surface area (Å²) in [6, 6.07) is 3.28. The minimum absolute atomic E-state index is 0.111. The van der Waals surface area contributed by atoms with Gasteiger partial charge in [0.15, 0.2) is 0 Å². The van der Waals surface area contributed by atoms with Crippen molar-refractivity contribution in [1.29, 1.82) is 0 Å². The molecule has 16 heavy (non-hydrogen) atoms. The number of phenolic OH excluding ortho intramolecular Hbond substituents is 1. The normalized spacial score (nSPS) is 12.8. The predicted octanol–water partition coefficient (Wildman–Crippen LogP) is 3.18. The Labute approximate surface area is 99.7 Å². The fourth-order valence-electron chi connectivity index (χ4n) is 1.82. The van der Waals surface area contributed by atoms with Crippen LogP contribution in [0.5, 0.6) is 5.75 Å². The lowest BCUT2D eigenvalue weighted by Gasteiger charge is -2.20. The van der Waals surface area contributed by atoms with Gasteiger partial charge in [-0.05, 0) is 24.5 Å². The van der Waals surface area contributed by atoms with Gasteiger partial charge in [-0.3, -0.25) is 4.79 Å². The maximum atomic E-state index is 11.2. The Morgan fingerprint density at radius 1 is 1.38 bits per heavy atom. The molecule has 0 aliphatic carbocycles. The van der Waals surface area contributed by atoms with Crippen LogP contribution >= 0.6 is 11.6 Å². The SMILES string of the molecule is Cc1ccc(Cl)c(O)c1C(C(=O)O)C(C)C. The predicted molar refractivity (Wildman–Crippen MR) is 63.1 cm³/mol. The van der Waals surface area contributed by atoms with Crippen molar-refractivity contribution in [2.75, 3.05) is 0 Å². The van der Waals surface area contributed by atoms with Crippen molar-refractivity contribution in [1.82, 2.24) is 0 Å². The van der Waals surface area contributed by atoms with E-state index >= 15 is 0 Å². The molecule has 1 unspecified atom stereocenters. The van der Waals surface area contributed by atoms with Gasteiger partial charge in [0.25, 0.3) is 0 Å². The second-order valence-corrected chi connectivity index (χ2v) is 4.59. The molecule has 0 aromatic heterocycles. The van der Waals surface area contributed by atoms with Gasteiger partial charge in [0, 0.05) is 5.56 Å². The maximum Gasteiger partial charge on any atom is 0.311 e. The van der Waals surface area contributed by atoms with Crippen LogP contribution in [0.3, 0.4) is 0 Å². The number of rotatable bonds is 3. The molecule has 0 fully saturated rings. The number of halogens is 1. The lowest BCUT2D eigenvalue weighted by atomic mass is 9.85. The highest BCUT2D eigenvalue weighted by atomic mass is 35.5. The Hall–Kier alpha value is -1.22. The van der Waals surface area contributed by atoms with Crippen LogP contribution in [-0.4, -0.2) is 16.2 Å². The lowest BCUT2D eigenvalue weighted by molar-refractivity contribution is -0.139. The monoisotopic (exact) mass is 242 g/mol. The van der Waals surface area contributed by atoms with Crippen LogP contribution < -0.4 is 0 Å². The van der Waals surface area contributed by atoms with E-state index in [1.807, 2.05) is 0 Å². The second kappa shape index (κ2) is 4.74. The highest BCUT2D eigenvalue weighted by Crippen LogP contribution is 2.38. The highest BCUT2D eigenvalue weighted by Gasteiger charge is 2.28. The third kappa shape index (κ3) is 2.30. The smallest absolute Gasteiger partial charge is 0.311 e. The first-order valence-electron chi connectivity index (χ1n) is 5.07. The molecule has 0 amide bonds. The second-order valence-electron chi connectivity index (χ2n) is 4.19. The zero-order valence-electron chi connectivity index (χ0n) is 9.49. The topological polar surface area (TPSA) is 57.5 Å². The first kappa shape index (κ1) is 12.8. The van der Waals surface area contributed by atoms with Crippen molar-refractivity contribution in [2.24, 2.45) is 5.92 Å². The molecule has 1 rings (SSSR count). The quantitative estimate of drug-likeness (QED) is 0.856. The van der Waals surface area contributed by atoms with Gasteiger partial charge < -0.3 is 10.2 Å². The summed E-state index contributed by atoms with van der Waals surface area (Å²) in [6.45, 7) is 5.38. The van der Waals surface area contributed by atoms with E-state index < -0.39 is 11.9 Å². The van der Waals surface area contributed by atoms with Crippen molar-refractivity contribution in [3.63, 3.8) is 0 Å². The minimum atomic E-state index is -0.948. The van der Waals surface area contributed by atoms with Crippen LogP contribution in [0.2, 0.25) is 5.02 Å².